The van der Waals surface area contributed by atoms with Crippen LogP contribution >= 0.6 is 11.8 Å². The van der Waals surface area contributed by atoms with E-state index in [1.54, 1.807) is 11.8 Å². The van der Waals surface area contributed by atoms with Crippen molar-refractivity contribution < 1.29 is 4.79 Å². The molecule has 0 bridgehead atoms. The molecule has 0 spiro atoms. The van der Waals surface area contributed by atoms with Crippen molar-refractivity contribution in [1.82, 2.24) is 0 Å². The van der Waals surface area contributed by atoms with Crippen molar-refractivity contribution in [2.45, 2.75) is 6.42 Å². The first-order valence-electron chi connectivity index (χ1n) is 2.62. The fourth-order valence-electron chi connectivity index (χ4n) is 0.203. The zero-order valence-corrected chi connectivity index (χ0v) is 6.70. The number of rotatable bonds is 3. The summed E-state index contributed by atoms with van der Waals surface area (Å²) in [6.07, 6.45) is 2.45. The van der Waals surface area contributed by atoms with E-state index in [4.69, 9.17) is 5.73 Å². The minimum Gasteiger partial charge on any atom is -0.370 e. The fourth-order valence-corrected chi connectivity index (χ4v) is 0.608. The molecular weight excluding hydrogens is 136 g/mol. The van der Waals surface area contributed by atoms with Crippen molar-refractivity contribution in [3.63, 3.8) is 0 Å². The quantitative estimate of drug-likeness (QED) is 0.585. The molecule has 4 N–H and O–H groups in total. The minimum absolute atomic E-state index is 0.214. The van der Waals surface area contributed by atoms with Crippen LogP contribution < -0.4 is 11.5 Å². The van der Waals surface area contributed by atoms with Gasteiger partial charge < -0.3 is 11.5 Å². The molecule has 0 aromatic rings. The maximum atomic E-state index is 9.97. The third-order valence-electron chi connectivity index (χ3n) is 0.553. The largest absolute Gasteiger partial charge is 0.370 e. The summed E-state index contributed by atoms with van der Waals surface area (Å²) in [5.41, 5.74) is 9.33. The van der Waals surface area contributed by atoms with Crippen LogP contribution in [-0.4, -0.2) is 25.0 Å². The lowest BCUT2D eigenvalue weighted by molar-refractivity contribution is -0.117. The molecule has 0 aromatic carbocycles. The molecule has 1 amide bonds. The second-order valence-electron chi connectivity index (χ2n) is 1.21. The van der Waals surface area contributed by atoms with Gasteiger partial charge in [-0.2, -0.15) is 11.8 Å². The van der Waals surface area contributed by atoms with Gasteiger partial charge >= 0.3 is 0 Å². The van der Waals surface area contributed by atoms with Gasteiger partial charge in [-0.05, 0) is 13.3 Å². The summed E-state index contributed by atoms with van der Waals surface area (Å²) in [6.45, 7) is 0. The van der Waals surface area contributed by atoms with E-state index in [1.165, 1.54) is 7.05 Å². The predicted molar refractivity (Wildman–Crippen MR) is 42.3 cm³/mol. The van der Waals surface area contributed by atoms with Crippen LogP contribution in [0.15, 0.2) is 0 Å². The number of amides is 1. The molecule has 0 aliphatic carbocycles. The minimum atomic E-state index is -0.214. The molecule has 0 saturated heterocycles. The molecule has 0 saturated carbocycles. The lowest BCUT2D eigenvalue weighted by Gasteiger charge is -1.87. The lowest BCUT2D eigenvalue weighted by atomic mass is 10.5. The van der Waals surface area contributed by atoms with E-state index >= 15 is 0 Å². The third kappa shape index (κ3) is 18.2. The predicted octanol–water partition coefficient (Wildman–Crippen LogP) is -0.200. The van der Waals surface area contributed by atoms with Crippen molar-refractivity contribution in [3.8, 4) is 0 Å². The molecule has 0 aliphatic rings. The summed E-state index contributed by atoms with van der Waals surface area (Å²) in [4.78, 5) is 9.97. The second-order valence-corrected chi connectivity index (χ2v) is 2.19. The maximum Gasteiger partial charge on any atom is 0.218 e. The normalized spacial score (nSPS) is 7.44. The molecule has 0 heterocycles. The van der Waals surface area contributed by atoms with Gasteiger partial charge in [0.25, 0.3) is 0 Å². The van der Waals surface area contributed by atoms with Crippen molar-refractivity contribution in [3.05, 3.63) is 0 Å². The van der Waals surface area contributed by atoms with Crippen LogP contribution in [0, 0.1) is 0 Å². The molecule has 4 heteroatoms. The van der Waals surface area contributed by atoms with E-state index in [2.05, 4.69) is 5.73 Å². The monoisotopic (exact) mass is 150 g/mol. The van der Waals surface area contributed by atoms with Crippen LogP contribution in [0.5, 0.6) is 0 Å². The highest BCUT2D eigenvalue weighted by atomic mass is 32.2. The van der Waals surface area contributed by atoms with E-state index in [9.17, 15) is 4.79 Å². The van der Waals surface area contributed by atoms with Gasteiger partial charge in [-0.1, -0.05) is 0 Å². The summed E-state index contributed by atoms with van der Waals surface area (Å²) in [5.74, 6) is 0.629. The van der Waals surface area contributed by atoms with Gasteiger partial charge in [0.15, 0.2) is 0 Å². The van der Waals surface area contributed by atoms with Gasteiger partial charge in [-0.3, -0.25) is 4.79 Å². The molecule has 0 aromatic heterocycles. The van der Waals surface area contributed by atoms with Gasteiger partial charge in [-0.25, -0.2) is 0 Å². The molecule has 0 aliphatic heterocycles. The van der Waals surface area contributed by atoms with E-state index in [0.717, 1.165) is 5.75 Å². The fraction of sp³-hybridized carbons (Fsp3) is 0.800. The van der Waals surface area contributed by atoms with Gasteiger partial charge in [0.2, 0.25) is 5.91 Å². The molecule has 0 unspecified atom stereocenters. The first-order valence-corrected chi connectivity index (χ1v) is 4.01. The van der Waals surface area contributed by atoms with Crippen molar-refractivity contribution in [2.24, 2.45) is 11.5 Å². The average molecular weight is 150 g/mol. The topological polar surface area (TPSA) is 69.1 Å². The molecule has 9 heavy (non-hydrogen) atoms. The maximum absolute atomic E-state index is 9.97. The van der Waals surface area contributed by atoms with Crippen LogP contribution in [-0.2, 0) is 4.79 Å². The van der Waals surface area contributed by atoms with E-state index < -0.39 is 0 Å². The summed E-state index contributed by atoms with van der Waals surface area (Å²) >= 11 is 1.63. The van der Waals surface area contributed by atoms with E-state index in [1.807, 2.05) is 6.26 Å². The Kier molecular flexibility index (Phi) is 13.8. The Morgan fingerprint density at radius 2 is 2.00 bits per heavy atom. The Bertz CT molecular complexity index is 68.0. The first-order chi connectivity index (χ1) is 4.27. The van der Waals surface area contributed by atoms with Crippen molar-refractivity contribution in [1.29, 1.82) is 0 Å². The van der Waals surface area contributed by atoms with E-state index in [-0.39, 0.29) is 5.91 Å². The summed E-state index contributed by atoms with van der Waals surface area (Å²) < 4.78 is 0. The molecular formula is C5H14N2OS. The highest BCUT2D eigenvalue weighted by molar-refractivity contribution is 7.98. The summed E-state index contributed by atoms with van der Waals surface area (Å²) in [6, 6.07) is 0. The van der Waals surface area contributed by atoms with E-state index in [0.29, 0.717) is 6.42 Å². The Balaban J connectivity index is 0. The number of carbonyl (C=O) groups excluding carboxylic acids is 1. The highest BCUT2D eigenvalue weighted by Crippen LogP contribution is 1.92. The van der Waals surface area contributed by atoms with Gasteiger partial charge in [0, 0.05) is 12.2 Å². The van der Waals surface area contributed by atoms with Crippen LogP contribution in [0.25, 0.3) is 0 Å². The van der Waals surface area contributed by atoms with Gasteiger partial charge in [0.1, 0.15) is 0 Å². The lowest BCUT2D eigenvalue weighted by Crippen LogP contribution is -2.10. The molecule has 0 rings (SSSR count). The third-order valence-corrected chi connectivity index (χ3v) is 1.16. The standard InChI is InChI=1S/C4H9NOS.CH5N/c1-7-3-2-4(5)6;1-2/h2-3H2,1H3,(H2,5,6);2H2,1H3. The first kappa shape index (κ1) is 11.6. The molecule has 0 radical (unpaired) electrons. The highest BCUT2D eigenvalue weighted by Gasteiger charge is 1.88. The van der Waals surface area contributed by atoms with Crippen LogP contribution in [0.1, 0.15) is 6.42 Å². The summed E-state index contributed by atoms with van der Waals surface area (Å²) in [7, 11) is 1.50. The van der Waals surface area contributed by atoms with Crippen molar-refractivity contribution in [2.75, 3.05) is 19.1 Å². The Labute approximate surface area is 60.2 Å². The number of nitrogens with two attached hydrogens (primary N) is 2. The Morgan fingerprint density at radius 3 is 2.11 bits per heavy atom. The average Bonchev–Trinajstić information content (AvgIpc) is 1.88. The number of carbonyl (C=O) groups is 1. The van der Waals surface area contributed by atoms with Gasteiger partial charge in [0.05, 0.1) is 0 Å². The summed E-state index contributed by atoms with van der Waals surface area (Å²) in [5, 5.41) is 0. The number of hydrogen-bond acceptors (Lipinski definition) is 3. The van der Waals surface area contributed by atoms with Gasteiger partial charge in [-0.15, -0.1) is 0 Å². The second kappa shape index (κ2) is 10.7. The molecule has 0 fully saturated rings. The molecule has 3 nitrogen and oxygen atoms in total. The Hall–Kier alpha value is -0.220. The molecule has 56 valence electrons. The smallest absolute Gasteiger partial charge is 0.218 e. The van der Waals surface area contributed by atoms with Crippen LogP contribution in [0.4, 0.5) is 0 Å². The van der Waals surface area contributed by atoms with Crippen LogP contribution in [0.3, 0.4) is 0 Å². The zero-order valence-electron chi connectivity index (χ0n) is 5.89. The molecule has 0 atom stereocenters. The SMILES string of the molecule is CN.CSCCC(N)=O. The number of thioether (sulfide) groups is 1. The number of hydrogen-bond donors (Lipinski definition) is 2. The van der Waals surface area contributed by atoms with Crippen LogP contribution in [0.2, 0.25) is 0 Å². The zero-order chi connectivity index (χ0) is 7.70. The Morgan fingerprint density at radius 1 is 1.56 bits per heavy atom. The number of primary amides is 1. The van der Waals surface area contributed by atoms with Crippen molar-refractivity contribution >= 4 is 17.7 Å².